The average molecular weight is 218 g/mol. The SMILES string of the molecule is O=C(O)Nc1ccccc1.O=[P+](O)O. The van der Waals surface area contributed by atoms with Gasteiger partial charge >= 0.3 is 14.3 Å². The molecule has 4 N–H and O–H groups in total. The Labute approximate surface area is 80.8 Å². The van der Waals surface area contributed by atoms with Gasteiger partial charge in [-0.05, 0) is 12.1 Å². The molecule has 0 radical (unpaired) electrons. The molecule has 0 fully saturated rings. The van der Waals surface area contributed by atoms with E-state index in [4.69, 9.17) is 19.5 Å². The number of para-hydroxylation sites is 1. The highest BCUT2D eigenvalue weighted by molar-refractivity contribution is 7.30. The maximum Gasteiger partial charge on any atom is 0.692 e. The summed E-state index contributed by atoms with van der Waals surface area (Å²) in [7, 11) is -2.87. The van der Waals surface area contributed by atoms with Gasteiger partial charge in [0.2, 0.25) is 0 Å². The molecular weight excluding hydrogens is 209 g/mol. The molecular formula is C7H9NO5P+. The van der Waals surface area contributed by atoms with Crippen molar-refractivity contribution in [3.05, 3.63) is 30.3 Å². The van der Waals surface area contributed by atoms with Crippen LogP contribution in [-0.4, -0.2) is 21.0 Å². The van der Waals surface area contributed by atoms with Gasteiger partial charge in [-0.15, -0.1) is 9.79 Å². The lowest BCUT2D eigenvalue weighted by atomic mass is 10.3. The summed E-state index contributed by atoms with van der Waals surface area (Å²) in [5.41, 5.74) is 0.593. The van der Waals surface area contributed by atoms with Crippen molar-refractivity contribution in [2.75, 3.05) is 5.32 Å². The Bertz CT molecular complexity index is 298. The predicted octanol–water partition coefficient (Wildman–Crippen LogP) is 1.40. The first-order chi connectivity index (χ1) is 6.52. The van der Waals surface area contributed by atoms with Gasteiger partial charge in [0.25, 0.3) is 0 Å². The quantitative estimate of drug-likeness (QED) is 0.533. The molecule has 1 rings (SSSR count). The van der Waals surface area contributed by atoms with E-state index in [1.807, 2.05) is 6.07 Å². The summed E-state index contributed by atoms with van der Waals surface area (Å²) >= 11 is 0. The molecule has 1 amide bonds. The van der Waals surface area contributed by atoms with Crippen molar-refractivity contribution >= 4 is 20.0 Å². The molecule has 0 aliphatic carbocycles. The van der Waals surface area contributed by atoms with Crippen LogP contribution in [0.5, 0.6) is 0 Å². The lowest BCUT2D eigenvalue weighted by molar-refractivity contribution is 0.209. The van der Waals surface area contributed by atoms with Gasteiger partial charge in [-0.1, -0.05) is 18.2 Å². The van der Waals surface area contributed by atoms with Gasteiger partial charge in [-0.3, -0.25) is 5.32 Å². The van der Waals surface area contributed by atoms with E-state index in [0.29, 0.717) is 5.69 Å². The van der Waals surface area contributed by atoms with Crippen LogP contribution < -0.4 is 5.32 Å². The zero-order chi connectivity index (χ0) is 11.0. The molecule has 0 saturated carbocycles. The van der Waals surface area contributed by atoms with E-state index >= 15 is 0 Å². The van der Waals surface area contributed by atoms with Gasteiger partial charge < -0.3 is 5.11 Å². The van der Waals surface area contributed by atoms with Crippen molar-refractivity contribution in [2.45, 2.75) is 0 Å². The number of rotatable bonds is 1. The standard InChI is InChI=1S/C7H7NO2.HO3P/c9-7(10)8-6-4-2-1-3-5-6;1-4(2)3/h1-5,8H,(H,9,10);(H-,1,2,3)/p+1. The summed E-state index contributed by atoms with van der Waals surface area (Å²) in [6.45, 7) is 0. The monoisotopic (exact) mass is 218 g/mol. The fraction of sp³-hybridized carbons (Fsp3) is 0. The summed E-state index contributed by atoms with van der Waals surface area (Å²) in [4.78, 5) is 24.3. The van der Waals surface area contributed by atoms with Crippen LogP contribution >= 0.6 is 8.25 Å². The molecule has 0 aliphatic rings. The van der Waals surface area contributed by atoms with Crippen LogP contribution in [0, 0.1) is 0 Å². The Morgan fingerprint density at radius 1 is 1.21 bits per heavy atom. The summed E-state index contributed by atoms with van der Waals surface area (Å²) in [6, 6.07) is 8.74. The van der Waals surface area contributed by atoms with Gasteiger partial charge in [0.05, 0.1) is 0 Å². The molecule has 0 spiro atoms. The second-order valence-electron chi connectivity index (χ2n) is 2.05. The minimum Gasteiger partial charge on any atom is -0.465 e. The molecule has 6 nitrogen and oxygen atoms in total. The number of carbonyl (C=O) groups is 1. The first-order valence-corrected chi connectivity index (χ1v) is 4.59. The van der Waals surface area contributed by atoms with E-state index in [-0.39, 0.29) is 0 Å². The molecule has 1 aromatic carbocycles. The van der Waals surface area contributed by atoms with Gasteiger partial charge in [0.15, 0.2) is 0 Å². The van der Waals surface area contributed by atoms with Crippen molar-refractivity contribution in [1.29, 1.82) is 0 Å². The van der Waals surface area contributed by atoms with Gasteiger partial charge in [0.1, 0.15) is 0 Å². The van der Waals surface area contributed by atoms with Crippen molar-refractivity contribution in [1.82, 2.24) is 0 Å². The molecule has 0 aromatic heterocycles. The maximum absolute atomic E-state index is 10.1. The summed E-state index contributed by atoms with van der Waals surface area (Å²) in [5.74, 6) is 0. The third kappa shape index (κ3) is 8.61. The van der Waals surface area contributed by atoms with Crippen molar-refractivity contribution in [3.63, 3.8) is 0 Å². The highest BCUT2D eigenvalue weighted by Crippen LogP contribution is 2.03. The van der Waals surface area contributed by atoms with Crippen LogP contribution in [0.25, 0.3) is 0 Å². The zero-order valence-electron chi connectivity index (χ0n) is 6.99. The van der Waals surface area contributed by atoms with E-state index in [2.05, 4.69) is 5.32 Å². The maximum atomic E-state index is 10.1. The van der Waals surface area contributed by atoms with Crippen molar-refractivity contribution < 1.29 is 24.3 Å². The molecule has 0 aliphatic heterocycles. The minimum absolute atomic E-state index is 0.593. The predicted molar refractivity (Wildman–Crippen MR) is 50.1 cm³/mol. The number of hydrogen-bond donors (Lipinski definition) is 4. The first kappa shape index (κ1) is 12.5. The number of hydrogen-bond acceptors (Lipinski definition) is 2. The topological polar surface area (TPSA) is 107 Å². The van der Waals surface area contributed by atoms with Crippen molar-refractivity contribution in [3.8, 4) is 0 Å². The van der Waals surface area contributed by atoms with Crippen LogP contribution in [0.3, 0.4) is 0 Å². The molecule has 0 saturated heterocycles. The largest absolute Gasteiger partial charge is 0.692 e. The molecule has 7 heteroatoms. The normalized spacial score (nSPS) is 8.14. The van der Waals surface area contributed by atoms with Gasteiger partial charge in [-0.25, -0.2) is 4.79 Å². The second-order valence-corrected chi connectivity index (χ2v) is 2.55. The molecule has 14 heavy (non-hydrogen) atoms. The summed E-state index contributed by atoms with van der Waals surface area (Å²) in [5, 5.41) is 10.5. The Hall–Kier alpha value is -1.49. The minimum atomic E-state index is -2.87. The highest BCUT2D eigenvalue weighted by Gasteiger charge is 1.93. The zero-order valence-corrected chi connectivity index (χ0v) is 7.89. The first-order valence-electron chi connectivity index (χ1n) is 3.42. The van der Waals surface area contributed by atoms with Crippen LogP contribution in [0.1, 0.15) is 0 Å². The van der Waals surface area contributed by atoms with E-state index in [1.165, 1.54) is 0 Å². The number of amides is 1. The van der Waals surface area contributed by atoms with Gasteiger partial charge in [-0.2, -0.15) is 0 Å². The lowest BCUT2D eigenvalue weighted by Gasteiger charge is -1.96. The van der Waals surface area contributed by atoms with E-state index in [1.54, 1.807) is 24.3 Å². The lowest BCUT2D eigenvalue weighted by Crippen LogP contribution is -2.06. The number of nitrogens with one attached hydrogen (secondary N) is 1. The van der Waals surface area contributed by atoms with E-state index in [9.17, 15) is 4.79 Å². The molecule has 0 heterocycles. The molecule has 1 aromatic rings. The number of carboxylic acid groups (broad SMARTS) is 1. The van der Waals surface area contributed by atoms with Gasteiger partial charge in [0, 0.05) is 10.3 Å². The number of anilines is 1. The second kappa shape index (κ2) is 6.97. The number of benzene rings is 1. The molecule has 0 unspecified atom stereocenters. The molecule has 0 atom stereocenters. The summed E-state index contributed by atoms with van der Waals surface area (Å²) in [6.07, 6.45) is -1.04. The average Bonchev–Trinajstić information content (AvgIpc) is 2.03. The van der Waals surface area contributed by atoms with E-state index in [0.717, 1.165) is 0 Å². The Balaban J connectivity index is 0.000000364. The Morgan fingerprint density at radius 3 is 2.00 bits per heavy atom. The fourth-order valence-corrected chi connectivity index (χ4v) is 0.645. The Kier molecular flexibility index (Phi) is 6.22. The van der Waals surface area contributed by atoms with Crippen LogP contribution in [0.15, 0.2) is 30.3 Å². The highest BCUT2D eigenvalue weighted by atomic mass is 31.1. The van der Waals surface area contributed by atoms with E-state index < -0.39 is 14.3 Å². The molecule has 0 bridgehead atoms. The fourth-order valence-electron chi connectivity index (χ4n) is 0.645. The Morgan fingerprint density at radius 2 is 1.64 bits per heavy atom. The van der Waals surface area contributed by atoms with Crippen LogP contribution in [0.2, 0.25) is 0 Å². The summed E-state index contributed by atoms with van der Waals surface area (Å²) < 4.78 is 8.70. The van der Waals surface area contributed by atoms with Crippen LogP contribution in [0.4, 0.5) is 10.5 Å². The molecule has 76 valence electrons. The third-order valence-electron chi connectivity index (χ3n) is 1.03. The van der Waals surface area contributed by atoms with Crippen molar-refractivity contribution in [2.24, 2.45) is 0 Å². The van der Waals surface area contributed by atoms with Crippen LogP contribution in [-0.2, 0) is 4.57 Å². The smallest absolute Gasteiger partial charge is 0.465 e. The third-order valence-corrected chi connectivity index (χ3v) is 1.03.